The molecule has 0 amide bonds. The van der Waals surface area contributed by atoms with Crippen molar-refractivity contribution in [3.8, 4) is 0 Å². The van der Waals surface area contributed by atoms with Gasteiger partial charge in [-0.2, -0.15) is 0 Å². The van der Waals surface area contributed by atoms with Gasteiger partial charge in [0.05, 0.1) is 0 Å². The molecule has 0 aliphatic heterocycles. The average molecular weight is 302 g/mol. The number of rotatable bonds is 8. The topological polar surface area (TPSA) is 37.3 Å². The quantitative estimate of drug-likeness (QED) is 0.354. The second kappa shape index (κ2) is 9.24. The van der Waals surface area contributed by atoms with Crippen molar-refractivity contribution in [1.82, 2.24) is 0 Å². The van der Waals surface area contributed by atoms with Crippen LogP contribution in [0.4, 0.5) is 0 Å². The molecule has 0 heterocycles. The summed E-state index contributed by atoms with van der Waals surface area (Å²) >= 11 is 0. The molecular weight excluding hydrogens is 272 g/mol. The van der Waals surface area contributed by atoms with Gasteiger partial charge < -0.3 is 5.11 Å². The predicted octanol–water partition coefficient (Wildman–Crippen LogP) is 5.70. The number of allylic oxidation sites excluding steroid dienone is 8. The molecule has 1 N–H and O–H groups in total. The first-order valence-corrected chi connectivity index (χ1v) is 7.70. The number of aliphatic carboxylic acids is 1. The van der Waals surface area contributed by atoms with Crippen molar-refractivity contribution in [2.24, 2.45) is 11.3 Å². The summed E-state index contributed by atoms with van der Waals surface area (Å²) in [6, 6.07) is 0. The van der Waals surface area contributed by atoms with Gasteiger partial charge in [-0.25, -0.2) is 4.79 Å². The standard InChI is InChI=1S/C20H30O2/c1-8-20(6,7)18(15(2)3)13-12-16(4)10-9-11-17(5)14-19(21)22/h9-14,18H,2,8H2,1,3-7H3,(H,21,22)/b11-9?,13-12?,16-10?,17-14+. The fraction of sp³-hybridized carbons (Fsp3) is 0.450. The molecule has 0 aliphatic carbocycles. The van der Waals surface area contributed by atoms with E-state index in [2.05, 4.69) is 46.4 Å². The molecule has 2 heteroatoms. The molecule has 0 bridgehead atoms. The van der Waals surface area contributed by atoms with E-state index in [9.17, 15) is 4.79 Å². The van der Waals surface area contributed by atoms with E-state index in [1.165, 1.54) is 11.6 Å². The van der Waals surface area contributed by atoms with Gasteiger partial charge in [-0.3, -0.25) is 0 Å². The van der Waals surface area contributed by atoms with Crippen molar-refractivity contribution in [3.05, 3.63) is 59.8 Å². The summed E-state index contributed by atoms with van der Waals surface area (Å²) < 4.78 is 0. The first kappa shape index (κ1) is 20.2. The first-order valence-electron chi connectivity index (χ1n) is 7.70. The smallest absolute Gasteiger partial charge is 0.328 e. The van der Waals surface area contributed by atoms with Crippen molar-refractivity contribution in [2.75, 3.05) is 0 Å². The highest BCUT2D eigenvalue weighted by molar-refractivity contribution is 5.81. The number of carbonyl (C=O) groups is 1. The normalized spacial score (nSPS) is 15.5. The van der Waals surface area contributed by atoms with E-state index in [0.717, 1.165) is 12.0 Å². The summed E-state index contributed by atoms with van der Waals surface area (Å²) in [6.07, 6.45) is 12.2. The second-order valence-corrected chi connectivity index (χ2v) is 6.52. The van der Waals surface area contributed by atoms with Crippen LogP contribution in [0.3, 0.4) is 0 Å². The Morgan fingerprint density at radius 2 is 1.77 bits per heavy atom. The summed E-state index contributed by atoms with van der Waals surface area (Å²) in [5.41, 5.74) is 3.20. The van der Waals surface area contributed by atoms with Crippen molar-refractivity contribution >= 4 is 5.97 Å². The predicted molar refractivity (Wildman–Crippen MR) is 95.8 cm³/mol. The summed E-state index contributed by atoms with van der Waals surface area (Å²) in [4.78, 5) is 10.5. The highest BCUT2D eigenvalue weighted by Gasteiger charge is 2.25. The molecule has 0 saturated carbocycles. The molecule has 0 fully saturated rings. The average Bonchev–Trinajstić information content (AvgIpc) is 2.37. The van der Waals surface area contributed by atoms with Crippen LogP contribution in [0.1, 0.15) is 48.0 Å². The number of hydrogen-bond donors (Lipinski definition) is 1. The van der Waals surface area contributed by atoms with E-state index in [0.29, 0.717) is 11.5 Å². The van der Waals surface area contributed by atoms with Crippen molar-refractivity contribution < 1.29 is 9.90 Å². The van der Waals surface area contributed by atoms with Crippen molar-refractivity contribution in [3.63, 3.8) is 0 Å². The van der Waals surface area contributed by atoms with Gasteiger partial charge in [0.25, 0.3) is 0 Å². The molecule has 0 aromatic carbocycles. The zero-order chi connectivity index (χ0) is 17.3. The SMILES string of the molecule is C=C(C)C(C=CC(C)=CC=C/C(C)=C/C(=O)O)C(C)(C)CC. The fourth-order valence-electron chi connectivity index (χ4n) is 2.21. The van der Waals surface area contributed by atoms with Gasteiger partial charge in [-0.15, -0.1) is 0 Å². The third-order valence-electron chi connectivity index (χ3n) is 3.91. The number of carboxylic acids is 1. The summed E-state index contributed by atoms with van der Waals surface area (Å²) in [6.45, 7) is 16.7. The Morgan fingerprint density at radius 3 is 2.23 bits per heavy atom. The summed E-state index contributed by atoms with van der Waals surface area (Å²) in [7, 11) is 0. The number of carboxylic acid groups (broad SMARTS) is 1. The molecule has 0 saturated heterocycles. The van der Waals surface area contributed by atoms with Gasteiger partial charge in [-0.05, 0) is 31.8 Å². The van der Waals surface area contributed by atoms with Crippen LogP contribution in [0, 0.1) is 11.3 Å². The van der Waals surface area contributed by atoms with E-state index in [1.54, 1.807) is 13.0 Å². The Balaban J connectivity index is 4.98. The van der Waals surface area contributed by atoms with Gasteiger partial charge >= 0.3 is 5.97 Å². The zero-order valence-corrected chi connectivity index (χ0v) is 14.8. The van der Waals surface area contributed by atoms with Crippen LogP contribution in [-0.4, -0.2) is 11.1 Å². The Morgan fingerprint density at radius 1 is 1.18 bits per heavy atom. The van der Waals surface area contributed by atoms with Gasteiger partial charge in [0.1, 0.15) is 0 Å². The maximum atomic E-state index is 10.5. The largest absolute Gasteiger partial charge is 0.478 e. The van der Waals surface area contributed by atoms with E-state index in [1.807, 2.05) is 19.1 Å². The molecule has 22 heavy (non-hydrogen) atoms. The lowest BCUT2D eigenvalue weighted by molar-refractivity contribution is -0.131. The molecule has 0 radical (unpaired) electrons. The first-order chi connectivity index (χ1) is 10.1. The Kier molecular flexibility index (Phi) is 8.47. The lowest BCUT2D eigenvalue weighted by atomic mass is 9.73. The van der Waals surface area contributed by atoms with Crippen LogP contribution in [0.15, 0.2) is 59.8 Å². The second-order valence-electron chi connectivity index (χ2n) is 6.52. The highest BCUT2D eigenvalue weighted by atomic mass is 16.4. The van der Waals surface area contributed by atoms with Gasteiger partial charge in [0, 0.05) is 12.0 Å². The van der Waals surface area contributed by atoms with Crippen LogP contribution in [0.25, 0.3) is 0 Å². The summed E-state index contributed by atoms with van der Waals surface area (Å²) in [5, 5.41) is 8.64. The molecule has 2 nitrogen and oxygen atoms in total. The molecule has 0 aromatic heterocycles. The molecule has 1 atom stereocenters. The molecule has 0 aromatic rings. The molecule has 0 rings (SSSR count). The lowest BCUT2D eigenvalue weighted by Crippen LogP contribution is -2.22. The number of hydrogen-bond acceptors (Lipinski definition) is 1. The van der Waals surface area contributed by atoms with Gasteiger partial charge in [0.2, 0.25) is 0 Å². The van der Waals surface area contributed by atoms with Crippen LogP contribution < -0.4 is 0 Å². The minimum absolute atomic E-state index is 0.194. The van der Waals surface area contributed by atoms with Crippen LogP contribution >= 0.6 is 0 Å². The molecule has 0 spiro atoms. The summed E-state index contributed by atoms with van der Waals surface area (Å²) in [5.74, 6) is -0.577. The molecule has 0 aliphatic rings. The highest BCUT2D eigenvalue weighted by Crippen LogP contribution is 2.36. The van der Waals surface area contributed by atoms with E-state index >= 15 is 0 Å². The Labute approximate surface area is 135 Å². The third kappa shape index (κ3) is 7.82. The van der Waals surface area contributed by atoms with Crippen LogP contribution in [0.5, 0.6) is 0 Å². The monoisotopic (exact) mass is 302 g/mol. The lowest BCUT2D eigenvalue weighted by Gasteiger charge is -2.32. The third-order valence-corrected chi connectivity index (χ3v) is 3.91. The molecule has 122 valence electrons. The Hall–Kier alpha value is -1.83. The molecule has 1 unspecified atom stereocenters. The van der Waals surface area contributed by atoms with Crippen LogP contribution in [-0.2, 0) is 4.79 Å². The van der Waals surface area contributed by atoms with Gasteiger partial charge in [-0.1, -0.05) is 75.3 Å². The minimum Gasteiger partial charge on any atom is -0.478 e. The molecular formula is C20H30O2. The maximum absolute atomic E-state index is 10.5. The van der Waals surface area contributed by atoms with Gasteiger partial charge in [0.15, 0.2) is 0 Å². The van der Waals surface area contributed by atoms with Crippen molar-refractivity contribution in [1.29, 1.82) is 0 Å². The maximum Gasteiger partial charge on any atom is 0.328 e. The van der Waals surface area contributed by atoms with E-state index in [-0.39, 0.29) is 5.41 Å². The fourth-order valence-corrected chi connectivity index (χ4v) is 2.21. The zero-order valence-electron chi connectivity index (χ0n) is 14.8. The van der Waals surface area contributed by atoms with E-state index in [4.69, 9.17) is 5.11 Å². The Bertz CT molecular complexity index is 514. The van der Waals surface area contributed by atoms with Crippen LogP contribution in [0.2, 0.25) is 0 Å². The van der Waals surface area contributed by atoms with E-state index < -0.39 is 5.97 Å². The van der Waals surface area contributed by atoms with Crippen molar-refractivity contribution in [2.45, 2.75) is 48.0 Å². The minimum atomic E-state index is -0.922.